The first-order valence-corrected chi connectivity index (χ1v) is 7.03. The Balaban J connectivity index is 1.81. The van der Waals surface area contributed by atoms with Crippen LogP contribution >= 0.6 is 11.3 Å². The highest BCUT2D eigenvalue weighted by Crippen LogP contribution is 2.31. The number of nitrogens with zero attached hydrogens (tertiary/aromatic N) is 2. The zero-order chi connectivity index (χ0) is 16.6. The maximum atomic E-state index is 12.2. The first-order chi connectivity index (χ1) is 10.8. The number of amides is 1. The van der Waals surface area contributed by atoms with Crippen molar-refractivity contribution in [1.82, 2.24) is 10.1 Å². The van der Waals surface area contributed by atoms with Gasteiger partial charge in [-0.1, -0.05) is 16.5 Å². The van der Waals surface area contributed by atoms with E-state index < -0.39 is 12.3 Å². The number of fused-ring (bicyclic) bond motifs is 1. The van der Waals surface area contributed by atoms with Gasteiger partial charge in [0.2, 0.25) is 5.76 Å². The summed E-state index contributed by atoms with van der Waals surface area (Å²) < 4.78 is 45.7. The van der Waals surface area contributed by atoms with E-state index in [0.29, 0.717) is 15.9 Å². The molecule has 0 bridgehead atoms. The second-order valence-corrected chi connectivity index (χ2v) is 5.51. The molecule has 10 heteroatoms. The minimum absolute atomic E-state index is 0.0165. The van der Waals surface area contributed by atoms with Crippen LogP contribution in [-0.4, -0.2) is 22.4 Å². The highest BCUT2D eigenvalue weighted by molar-refractivity contribution is 7.22. The lowest BCUT2D eigenvalue weighted by Crippen LogP contribution is -2.16. The lowest BCUT2D eigenvalue weighted by atomic mass is 10.3. The Bertz CT molecular complexity index is 872. The number of aromatic nitrogens is 2. The molecule has 120 valence electrons. The third-order valence-corrected chi connectivity index (χ3v) is 3.60. The van der Waals surface area contributed by atoms with Crippen molar-refractivity contribution in [3.63, 3.8) is 0 Å². The molecule has 1 N–H and O–H groups in total. The summed E-state index contributed by atoms with van der Waals surface area (Å²) in [6.45, 7) is 1.67. The fourth-order valence-corrected chi connectivity index (χ4v) is 2.67. The first kappa shape index (κ1) is 15.3. The molecular weight excluding hydrogens is 335 g/mol. The van der Waals surface area contributed by atoms with Gasteiger partial charge in [-0.3, -0.25) is 10.1 Å². The summed E-state index contributed by atoms with van der Waals surface area (Å²) in [5.41, 5.74) is 0.988. The predicted molar refractivity (Wildman–Crippen MR) is 75.5 cm³/mol. The number of halogens is 3. The van der Waals surface area contributed by atoms with E-state index in [4.69, 9.17) is 4.52 Å². The number of alkyl halides is 3. The number of carbonyl (C=O) groups excluding carboxylic acids is 1. The molecule has 0 atom stereocenters. The van der Waals surface area contributed by atoms with Crippen molar-refractivity contribution in [2.45, 2.75) is 13.3 Å². The Morgan fingerprint density at radius 1 is 1.35 bits per heavy atom. The van der Waals surface area contributed by atoms with Gasteiger partial charge in [0.1, 0.15) is 5.75 Å². The van der Waals surface area contributed by atoms with Gasteiger partial charge in [0.05, 0.1) is 15.9 Å². The topological polar surface area (TPSA) is 77.2 Å². The molecule has 3 aromatic rings. The molecule has 0 unspecified atom stereocenters. The molecule has 0 aliphatic rings. The molecular formula is C13H8F3N3O3S. The second-order valence-electron chi connectivity index (χ2n) is 4.48. The van der Waals surface area contributed by atoms with Crippen molar-refractivity contribution >= 4 is 32.6 Å². The molecule has 0 aliphatic heterocycles. The molecule has 23 heavy (non-hydrogen) atoms. The molecule has 3 rings (SSSR count). The fraction of sp³-hybridized carbons (Fsp3) is 0.154. The van der Waals surface area contributed by atoms with Crippen LogP contribution in [0.5, 0.6) is 5.75 Å². The van der Waals surface area contributed by atoms with E-state index in [1.807, 2.05) is 0 Å². The number of anilines is 1. The van der Waals surface area contributed by atoms with Gasteiger partial charge in [-0.25, -0.2) is 4.98 Å². The van der Waals surface area contributed by atoms with Crippen LogP contribution in [0.4, 0.5) is 18.3 Å². The number of hydrogen-bond acceptors (Lipinski definition) is 6. The number of ether oxygens (including phenoxy) is 1. The quantitative estimate of drug-likeness (QED) is 0.784. The summed E-state index contributed by atoms with van der Waals surface area (Å²) >= 11 is 1.01. The van der Waals surface area contributed by atoms with Gasteiger partial charge < -0.3 is 9.26 Å². The SMILES string of the molecule is Cc1cc(C(=O)Nc2nc3ccc(OC(F)(F)F)cc3s2)on1. The summed E-state index contributed by atoms with van der Waals surface area (Å²) in [4.78, 5) is 16.0. The Morgan fingerprint density at radius 3 is 2.78 bits per heavy atom. The van der Waals surface area contributed by atoms with Crippen LogP contribution in [0, 0.1) is 6.92 Å². The average Bonchev–Trinajstić information content (AvgIpc) is 3.02. The molecule has 1 amide bonds. The van der Waals surface area contributed by atoms with Gasteiger partial charge in [0.15, 0.2) is 5.13 Å². The minimum atomic E-state index is -4.76. The largest absolute Gasteiger partial charge is 0.573 e. The minimum Gasteiger partial charge on any atom is -0.406 e. The molecule has 0 aliphatic carbocycles. The molecule has 0 fully saturated rings. The van der Waals surface area contributed by atoms with Crippen molar-refractivity contribution in [3.8, 4) is 5.75 Å². The van der Waals surface area contributed by atoms with Crippen LogP contribution in [0.25, 0.3) is 10.2 Å². The zero-order valence-electron chi connectivity index (χ0n) is 11.5. The highest BCUT2D eigenvalue weighted by atomic mass is 32.1. The lowest BCUT2D eigenvalue weighted by molar-refractivity contribution is -0.274. The number of aryl methyl sites for hydroxylation is 1. The van der Waals surface area contributed by atoms with Gasteiger partial charge in [-0.15, -0.1) is 13.2 Å². The smallest absolute Gasteiger partial charge is 0.406 e. The third kappa shape index (κ3) is 3.59. The van der Waals surface area contributed by atoms with Crippen molar-refractivity contribution in [3.05, 3.63) is 35.7 Å². The van der Waals surface area contributed by atoms with E-state index in [0.717, 1.165) is 17.4 Å². The number of rotatable bonds is 3. The standard InChI is InChI=1S/C13H8F3N3O3S/c1-6-4-9(22-19-6)11(20)18-12-17-8-3-2-7(5-10(8)23-12)21-13(14,15)16/h2-5H,1H3,(H,17,18,20). The number of thiazole rings is 1. The molecule has 0 spiro atoms. The first-order valence-electron chi connectivity index (χ1n) is 6.21. The van der Waals surface area contributed by atoms with Gasteiger partial charge in [-0.2, -0.15) is 0 Å². The van der Waals surface area contributed by atoms with Crippen LogP contribution < -0.4 is 10.1 Å². The summed E-state index contributed by atoms with van der Waals surface area (Å²) in [5, 5.41) is 6.32. The van der Waals surface area contributed by atoms with Crippen LogP contribution in [0.1, 0.15) is 16.2 Å². The Morgan fingerprint density at radius 2 is 2.13 bits per heavy atom. The number of benzene rings is 1. The zero-order valence-corrected chi connectivity index (χ0v) is 12.3. The molecule has 0 radical (unpaired) electrons. The molecule has 0 saturated carbocycles. The van der Waals surface area contributed by atoms with Crippen LogP contribution in [0.2, 0.25) is 0 Å². The van der Waals surface area contributed by atoms with Crippen LogP contribution in [0.3, 0.4) is 0 Å². The van der Waals surface area contributed by atoms with E-state index in [2.05, 4.69) is 20.2 Å². The van der Waals surface area contributed by atoms with Crippen molar-refractivity contribution in [1.29, 1.82) is 0 Å². The molecule has 6 nitrogen and oxygen atoms in total. The van der Waals surface area contributed by atoms with E-state index in [1.165, 1.54) is 18.2 Å². The summed E-state index contributed by atoms with van der Waals surface area (Å²) in [5.74, 6) is -0.878. The van der Waals surface area contributed by atoms with E-state index >= 15 is 0 Å². The Hall–Kier alpha value is -2.62. The summed E-state index contributed by atoms with van der Waals surface area (Å²) in [7, 11) is 0. The molecule has 2 aromatic heterocycles. The van der Waals surface area contributed by atoms with Crippen molar-refractivity contribution < 1.29 is 27.2 Å². The van der Waals surface area contributed by atoms with Crippen LogP contribution in [-0.2, 0) is 0 Å². The van der Waals surface area contributed by atoms with Crippen molar-refractivity contribution in [2.24, 2.45) is 0 Å². The molecule has 2 heterocycles. The van der Waals surface area contributed by atoms with Crippen LogP contribution in [0.15, 0.2) is 28.8 Å². The third-order valence-electron chi connectivity index (χ3n) is 2.67. The predicted octanol–water partition coefficient (Wildman–Crippen LogP) is 3.74. The number of nitrogens with one attached hydrogen (secondary N) is 1. The van der Waals surface area contributed by atoms with Gasteiger partial charge in [0, 0.05) is 12.1 Å². The lowest BCUT2D eigenvalue weighted by Gasteiger charge is -2.07. The van der Waals surface area contributed by atoms with E-state index in [1.54, 1.807) is 6.92 Å². The Kier molecular flexibility index (Phi) is 3.68. The average molecular weight is 343 g/mol. The summed E-state index contributed by atoms with van der Waals surface area (Å²) in [6.07, 6.45) is -4.76. The Labute approximate surface area is 130 Å². The van der Waals surface area contributed by atoms with Crippen molar-refractivity contribution in [2.75, 3.05) is 5.32 Å². The van der Waals surface area contributed by atoms with Gasteiger partial charge >= 0.3 is 6.36 Å². The monoisotopic (exact) mass is 343 g/mol. The maximum Gasteiger partial charge on any atom is 0.573 e. The number of carbonyl (C=O) groups is 1. The fourth-order valence-electron chi connectivity index (χ4n) is 1.78. The number of hydrogen-bond donors (Lipinski definition) is 1. The summed E-state index contributed by atoms with van der Waals surface area (Å²) in [6, 6.07) is 5.19. The molecule has 1 aromatic carbocycles. The van der Waals surface area contributed by atoms with E-state index in [9.17, 15) is 18.0 Å². The van der Waals surface area contributed by atoms with E-state index in [-0.39, 0.29) is 16.6 Å². The normalized spacial score (nSPS) is 11.7. The molecule has 0 saturated heterocycles. The maximum absolute atomic E-state index is 12.2. The van der Waals surface area contributed by atoms with Gasteiger partial charge in [0.25, 0.3) is 5.91 Å². The second kappa shape index (κ2) is 5.54. The highest BCUT2D eigenvalue weighted by Gasteiger charge is 2.31. The van der Waals surface area contributed by atoms with Gasteiger partial charge in [-0.05, 0) is 19.1 Å².